The average molecular weight is 250 g/mol. The van der Waals surface area contributed by atoms with Gasteiger partial charge in [0.1, 0.15) is 5.75 Å². The Morgan fingerprint density at radius 1 is 1.28 bits per heavy atom. The second kappa shape index (κ2) is 7.39. The first-order valence-electron chi connectivity index (χ1n) is 6.65. The summed E-state index contributed by atoms with van der Waals surface area (Å²) >= 11 is 0. The molecule has 3 nitrogen and oxygen atoms in total. The zero-order valence-corrected chi connectivity index (χ0v) is 11.9. The lowest BCUT2D eigenvalue weighted by molar-refractivity contribution is 0.355. The van der Waals surface area contributed by atoms with E-state index in [1.165, 1.54) is 5.56 Å². The van der Waals surface area contributed by atoms with Gasteiger partial charge in [-0.3, -0.25) is 0 Å². The maximum atomic E-state index is 5.78. The Labute approximate surface area is 111 Å². The third-order valence-corrected chi connectivity index (χ3v) is 3.53. The molecule has 0 aliphatic heterocycles. The molecule has 0 radical (unpaired) electrons. The third-order valence-electron chi connectivity index (χ3n) is 3.53. The van der Waals surface area contributed by atoms with Gasteiger partial charge < -0.3 is 15.8 Å². The maximum absolute atomic E-state index is 5.78. The molecule has 0 amide bonds. The van der Waals surface area contributed by atoms with Crippen LogP contribution in [0.4, 0.5) is 0 Å². The van der Waals surface area contributed by atoms with Crippen molar-refractivity contribution >= 4 is 0 Å². The number of hydrogen-bond acceptors (Lipinski definition) is 3. The van der Waals surface area contributed by atoms with E-state index in [2.05, 4.69) is 38.2 Å². The molecule has 0 bridgehead atoms. The fourth-order valence-electron chi connectivity index (χ4n) is 1.95. The van der Waals surface area contributed by atoms with Gasteiger partial charge in [0.2, 0.25) is 0 Å². The van der Waals surface area contributed by atoms with Crippen LogP contribution >= 0.6 is 0 Å². The first-order valence-corrected chi connectivity index (χ1v) is 6.65. The van der Waals surface area contributed by atoms with Gasteiger partial charge in [0.25, 0.3) is 0 Å². The summed E-state index contributed by atoms with van der Waals surface area (Å²) in [5.41, 5.74) is 7.03. The number of nitrogens with one attached hydrogen (secondary N) is 1. The zero-order valence-electron chi connectivity index (χ0n) is 11.9. The van der Waals surface area contributed by atoms with Crippen molar-refractivity contribution in [2.24, 2.45) is 17.6 Å². The summed E-state index contributed by atoms with van der Waals surface area (Å²) in [5.74, 6) is 2.04. The molecule has 1 aromatic carbocycles. The minimum absolute atomic E-state index is 0.313. The summed E-state index contributed by atoms with van der Waals surface area (Å²) in [6.45, 7) is 8.29. The molecule has 1 aromatic rings. The lowest BCUT2D eigenvalue weighted by Gasteiger charge is -2.22. The van der Waals surface area contributed by atoms with Crippen LogP contribution in [0.15, 0.2) is 24.3 Å². The summed E-state index contributed by atoms with van der Waals surface area (Å²) in [6.07, 6.45) is 0. The second-order valence-corrected chi connectivity index (χ2v) is 5.15. The van der Waals surface area contributed by atoms with E-state index in [-0.39, 0.29) is 0 Å². The molecule has 1 rings (SSSR count). The molecule has 18 heavy (non-hydrogen) atoms. The monoisotopic (exact) mass is 250 g/mol. The van der Waals surface area contributed by atoms with E-state index in [9.17, 15) is 0 Å². The Kier molecular flexibility index (Phi) is 6.16. The fourth-order valence-corrected chi connectivity index (χ4v) is 1.95. The van der Waals surface area contributed by atoms with E-state index >= 15 is 0 Å². The van der Waals surface area contributed by atoms with Crippen LogP contribution in [0.25, 0.3) is 0 Å². The Hall–Kier alpha value is -1.06. The van der Waals surface area contributed by atoms with Crippen molar-refractivity contribution in [3.8, 4) is 5.75 Å². The third kappa shape index (κ3) is 4.31. The number of ether oxygens (including phenoxy) is 1. The first kappa shape index (κ1) is 15.0. The van der Waals surface area contributed by atoms with Crippen molar-refractivity contribution < 1.29 is 4.74 Å². The molecule has 3 N–H and O–H groups in total. The van der Waals surface area contributed by atoms with Crippen LogP contribution < -0.4 is 15.8 Å². The molecule has 2 atom stereocenters. The predicted molar refractivity (Wildman–Crippen MR) is 76.8 cm³/mol. The van der Waals surface area contributed by atoms with E-state index < -0.39 is 0 Å². The van der Waals surface area contributed by atoms with Crippen molar-refractivity contribution in [3.05, 3.63) is 29.8 Å². The zero-order chi connectivity index (χ0) is 13.5. The normalized spacial score (nSPS) is 14.6. The van der Waals surface area contributed by atoms with E-state index in [4.69, 9.17) is 10.5 Å². The smallest absolute Gasteiger partial charge is 0.119 e. The molecule has 2 unspecified atom stereocenters. The van der Waals surface area contributed by atoms with Crippen LogP contribution in [0, 0.1) is 11.8 Å². The standard InChI is InChI=1S/C15H26N2O/c1-11(2)14(9-16)10-17-12(3)13-6-5-7-15(8-13)18-4/h5-8,11-12,14,17H,9-10,16H2,1-4H3. The van der Waals surface area contributed by atoms with E-state index in [1.54, 1.807) is 7.11 Å². The number of hydrogen-bond donors (Lipinski definition) is 2. The van der Waals surface area contributed by atoms with Crippen LogP contribution in [0.5, 0.6) is 5.75 Å². The SMILES string of the molecule is COc1cccc(C(C)NCC(CN)C(C)C)c1. The molecule has 0 aliphatic carbocycles. The molecule has 0 aromatic heterocycles. The van der Waals surface area contributed by atoms with Crippen molar-refractivity contribution in [2.45, 2.75) is 26.8 Å². The van der Waals surface area contributed by atoms with Crippen molar-refractivity contribution in [2.75, 3.05) is 20.2 Å². The summed E-state index contributed by atoms with van der Waals surface area (Å²) in [7, 11) is 1.69. The predicted octanol–water partition coefficient (Wildman–Crippen LogP) is 2.58. The Morgan fingerprint density at radius 3 is 2.56 bits per heavy atom. The topological polar surface area (TPSA) is 47.3 Å². The molecule has 0 fully saturated rings. The number of benzene rings is 1. The van der Waals surface area contributed by atoms with Gasteiger partial charge in [0.15, 0.2) is 0 Å². The molecule has 0 heterocycles. The van der Waals surface area contributed by atoms with Gasteiger partial charge in [-0.1, -0.05) is 26.0 Å². The largest absolute Gasteiger partial charge is 0.497 e. The lowest BCUT2D eigenvalue weighted by atomic mass is 9.95. The van der Waals surface area contributed by atoms with Crippen LogP contribution in [-0.2, 0) is 0 Å². The average Bonchev–Trinajstić information content (AvgIpc) is 2.38. The molecule has 0 saturated heterocycles. The molecule has 3 heteroatoms. The van der Waals surface area contributed by atoms with Gasteiger partial charge in [-0.2, -0.15) is 0 Å². The van der Waals surface area contributed by atoms with Crippen LogP contribution in [0.1, 0.15) is 32.4 Å². The summed E-state index contributed by atoms with van der Waals surface area (Å²) < 4.78 is 5.24. The summed E-state index contributed by atoms with van der Waals surface area (Å²) in [5, 5.41) is 3.55. The molecule has 0 aliphatic rings. The Bertz CT molecular complexity index is 352. The lowest BCUT2D eigenvalue weighted by Crippen LogP contribution is -2.33. The quantitative estimate of drug-likeness (QED) is 0.782. The van der Waals surface area contributed by atoms with Gasteiger partial charge in [0, 0.05) is 6.04 Å². The minimum atomic E-state index is 0.313. The van der Waals surface area contributed by atoms with Gasteiger partial charge >= 0.3 is 0 Å². The summed E-state index contributed by atoms with van der Waals surface area (Å²) in [6, 6.07) is 8.49. The number of rotatable bonds is 7. The van der Waals surface area contributed by atoms with E-state index in [1.807, 2.05) is 12.1 Å². The van der Waals surface area contributed by atoms with E-state index in [0.717, 1.165) is 18.8 Å². The molecule has 0 saturated carbocycles. The van der Waals surface area contributed by atoms with Crippen LogP contribution in [-0.4, -0.2) is 20.2 Å². The highest BCUT2D eigenvalue weighted by Crippen LogP contribution is 2.19. The molecular formula is C15H26N2O. The van der Waals surface area contributed by atoms with Crippen LogP contribution in [0.2, 0.25) is 0 Å². The van der Waals surface area contributed by atoms with Gasteiger partial charge in [0.05, 0.1) is 7.11 Å². The molecule has 102 valence electrons. The number of methoxy groups -OCH3 is 1. The Balaban J connectivity index is 2.56. The number of nitrogens with two attached hydrogens (primary N) is 1. The Morgan fingerprint density at radius 2 is 2.00 bits per heavy atom. The van der Waals surface area contributed by atoms with Gasteiger partial charge in [-0.15, -0.1) is 0 Å². The molecule has 0 spiro atoms. The summed E-state index contributed by atoms with van der Waals surface area (Å²) in [4.78, 5) is 0. The first-order chi connectivity index (χ1) is 8.58. The van der Waals surface area contributed by atoms with Gasteiger partial charge in [-0.05, 0) is 49.5 Å². The van der Waals surface area contributed by atoms with Crippen LogP contribution in [0.3, 0.4) is 0 Å². The van der Waals surface area contributed by atoms with Crippen molar-refractivity contribution in [3.63, 3.8) is 0 Å². The highest BCUT2D eigenvalue weighted by molar-refractivity contribution is 5.30. The second-order valence-electron chi connectivity index (χ2n) is 5.15. The highest BCUT2D eigenvalue weighted by Gasteiger charge is 2.13. The van der Waals surface area contributed by atoms with Crippen molar-refractivity contribution in [1.29, 1.82) is 0 Å². The fraction of sp³-hybridized carbons (Fsp3) is 0.600. The van der Waals surface area contributed by atoms with E-state index in [0.29, 0.717) is 17.9 Å². The minimum Gasteiger partial charge on any atom is -0.497 e. The van der Waals surface area contributed by atoms with Crippen molar-refractivity contribution in [1.82, 2.24) is 5.32 Å². The maximum Gasteiger partial charge on any atom is 0.119 e. The molecular weight excluding hydrogens is 224 g/mol. The van der Waals surface area contributed by atoms with Gasteiger partial charge in [-0.25, -0.2) is 0 Å². The highest BCUT2D eigenvalue weighted by atomic mass is 16.5.